The molecule has 2 N–H and O–H groups in total. The Hall–Kier alpha value is -2.08. The molecular formula is C109H200N2Na2O32S2. The molecule has 0 aliphatic heterocycles. The molecule has 0 radical (unpaired) electrons. The van der Waals surface area contributed by atoms with Gasteiger partial charge in [-0.15, -0.1) is 0 Å². The first-order valence-corrected chi connectivity index (χ1v) is 59.2. The molecule has 0 aromatic heterocycles. The van der Waals surface area contributed by atoms with Crippen molar-refractivity contribution in [2.75, 3.05) is 325 Å². The van der Waals surface area contributed by atoms with Gasteiger partial charge in [0.25, 0.3) is 0 Å². The van der Waals surface area contributed by atoms with Gasteiger partial charge in [0.05, 0.1) is 33.5 Å². The molecule has 2 rings (SSSR count). The van der Waals surface area contributed by atoms with Crippen LogP contribution in [0, 0.1) is 0 Å². The molecule has 852 valence electrons. The molecule has 34 nitrogen and oxygen atoms in total. The number of aliphatic hydroxyl groups is 2. The summed E-state index contributed by atoms with van der Waals surface area (Å²) in [5.41, 5.74) is 2.67. The van der Waals surface area contributed by atoms with Crippen LogP contribution in [0.1, 0.15) is 306 Å². The second-order valence-corrected chi connectivity index (χ2v) is 39.6. The molecule has 38 heteroatoms. The van der Waals surface area contributed by atoms with Crippen molar-refractivity contribution in [1.29, 1.82) is 0 Å². The van der Waals surface area contributed by atoms with Crippen LogP contribution in [0.5, 0.6) is 0 Å². The van der Waals surface area contributed by atoms with E-state index in [1.807, 2.05) is 24.3 Å². The number of unbranched alkanes of at least 4 members (excludes halogenated alkanes) is 22. The molecule has 0 saturated carbocycles. The maximum Gasteiger partial charge on any atom is 1.00 e. The molecule has 0 aliphatic rings. The van der Waals surface area contributed by atoms with Crippen molar-refractivity contribution in [1.82, 2.24) is 0 Å². The summed E-state index contributed by atoms with van der Waals surface area (Å²) in [5, 5.41) is 17.6. The maximum absolute atomic E-state index is 13.4. The summed E-state index contributed by atoms with van der Waals surface area (Å²) >= 11 is 0. The van der Waals surface area contributed by atoms with E-state index in [1.165, 1.54) is 9.80 Å². The third kappa shape index (κ3) is 108. The van der Waals surface area contributed by atoms with Crippen molar-refractivity contribution >= 4 is 43.8 Å². The molecule has 2 aromatic rings. The van der Waals surface area contributed by atoms with Gasteiger partial charge < -0.3 is 124 Å². The van der Waals surface area contributed by atoms with E-state index >= 15 is 0 Å². The third-order valence-electron chi connectivity index (χ3n) is 23.0. The van der Waals surface area contributed by atoms with Crippen molar-refractivity contribution in [3.8, 4) is 0 Å². The van der Waals surface area contributed by atoms with Gasteiger partial charge >= 0.3 is 71.3 Å². The topological polar surface area (TPSA) is 399 Å². The Labute approximate surface area is 932 Å². The summed E-state index contributed by atoms with van der Waals surface area (Å²) in [7, 11) is -9.04. The standard InChI is InChI=1S/C109H202N2O32S2.2Na/c112-57-1-3-59-122-61-5-7-63-124-65-9-11-67-126-69-13-15-71-128-73-17-19-75-130-77-21-23-79-132-81-25-27-83-134-85-29-31-87-136-89-33-35-91-138-93-37-39-95-140-97-41-43-99-142-108(114)110(55-45-101-144(116,117)118)106-51-47-104(48-52-106)103-105-49-53-107(54-50-105)111(56-46-102-145(119,120)121)109(115)143-100-44-42-98-141-96-40-38-94-139-92-36-34-90-137-88-32-30-86-135-84-28-26-82-133-80-24-22-78-131-76-20-18-74-129-72-16-14-70-127-68-12-10-66-125-64-8-6-62-123-60-4-2-58-113;;/h47-54,112-113H,1-46,55-103H2,(H,116,117,118)(H,119,120,121);;/q;2*+1/p-2. The Kier molecular flexibility index (Phi) is 115. The van der Waals surface area contributed by atoms with Crippen LogP contribution in [0.15, 0.2) is 48.5 Å². The number of nitrogens with zero attached hydrogens (tertiary/aromatic N) is 2. The summed E-state index contributed by atoms with van der Waals surface area (Å²) in [4.78, 5) is 29.5. The minimum absolute atomic E-state index is 0. The average molecular weight is 2160 g/mol. The first kappa shape index (κ1) is 145. The molecule has 0 aliphatic carbocycles. The smallest absolute Gasteiger partial charge is 0.748 e. The zero-order valence-corrected chi connectivity index (χ0v) is 97.3. The second-order valence-electron chi connectivity index (χ2n) is 36.5. The first-order valence-electron chi connectivity index (χ1n) is 56.0. The first-order chi connectivity index (χ1) is 71.3. The van der Waals surface area contributed by atoms with Crippen LogP contribution in [-0.4, -0.2) is 364 Å². The monoisotopic (exact) mass is 2160 g/mol. The Morgan fingerprint density at radius 2 is 0.320 bits per heavy atom. The van der Waals surface area contributed by atoms with Crippen molar-refractivity contribution in [2.45, 2.75) is 302 Å². The number of anilines is 2. The quantitative estimate of drug-likeness (QED) is 0.0353. The number of carbonyl (C=O) groups excluding carboxylic acids is 2. The molecule has 0 bridgehead atoms. The van der Waals surface area contributed by atoms with Gasteiger partial charge in [0.1, 0.15) is 0 Å². The van der Waals surface area contributed by atoms with Crippen LogP contribution in [-0.2, 0) is 131 Å². The molecule has 0 fully saturated rings. The summed E-state index contributed by atoms with van der Waals surface area (Å²) in [6.45, 7) is 29.9. The number of hydrogen-bond acceptors (Lipinski definition) is 32. The van der Waals surface area contributed by atoms with Gasteiger partial charge in [-0.3, -0.25) is 9.80 Å². The second kappa shape index (κ2) is 116. The van der Waals surface area contributed by atoms with E-state index in [0.29, 0.717) is 96.3 Å². The minimum atomic E-state index is -4.52. The minimum Gasteiger partial charge on any atom is -0.748 e. The SMILES string of the molecule is O=C(OCCCCOCCCCOCCCCOCCCCOCCCCOCCCCOCCCCOCCCCOCCCCOCCCCOCCCCO)N(CCCS(=O)(=O)[O-])c1ccc(Cc2ccc(N(CCCS(=O)(=O)[O-])C(=O)OCCCCOCCCCOCCCCOCCCCOCCCCOCCCCOCCCCOCCCCOCCCCOCCCCOCCCCO)cc2)cc1.[Na+].[Na+]. The summed E-state index contributed by atoms with van der Waals surface area (Å²) < 4.78 is 195. The van der Waals surface area contributed by atoms with Crippen molar-refractivity contribution < 1.29 is 209 Å². The van der Waals surface area contributed by atoms with Gasteiger partial charge in [-0.2, -0.15) is 0 Å². The van der Waals surface area contributed by atoms with Crippen LogP contribution in [0.4, 0.5) is 21.0 Å². The van der Waals surface area contributed by atoms with Crippen molar-refractivity contribution in [2.24, 2.45) is 0 Å². The Balaban J connectivity index is 0.000107. The Morgan fingerprint density at radius 1 is 0.197 bits per heavy atom. The molecule has 0 spiro atoms. The number of benzene rings is 2. The van der Waals surface area contributed by atoms with Crippen LogP contribution in [0.3, 0.4) is 0 Å². The molecule has 2 aromatic carbocycles. The molecule has 0 saturated heterocycles. The molecule has 0 heterocycles. The van der Waals surface area contributed by atoms with E-state index in [2.05, 4.69) is 0 Å². The van der Waals surface area contributed by atoms with E-state index < -0.39 is 43.9 Å². The summed E-state index contributed by atoms with van der Waals surface area (Å²) in [6, 6.07) is 14.2. The van der Waals surface area contributed by atoms with Crippen molar-refractivity contribution in [3.05, 3.63) is 59.7 Å². The van der Waals surface area contributed by atoms with Gasteiger partial charge in [-0.05, 0) is 337 Å². The van der Waals surface area contributed by atoms with Gasteiger partial charge in [0, 0.05) is 313 Å². The van der Waals surface area contributed by atoms with Gasteiger partial charge in [-0.1, -0.05) is 24.3 Å². The van der Waals surface area contributed by atoms with Gasteiger partial charge in [0.15, 0.2) is 0 Å². The normalized spacial score (nSPS) is 11.7. The molecule has 0 unspecified atom stereocenters. The fraction of sp³-hybridized carbons (Fsp3) is 0.872. The van der Waals surface area contributed by atoms with Crippen LogP contribution in [0.25, 0.3) is 0 Å². The van der Waals surface area contributed by atoms with Gasteiger partial charge in [0.2, 0.25) is 0 Å². The largest absolute Gasteiger partial charge is 1.00 e. The number of rotatable bonds is 120. The van der Waals surface area contributed by atoms with E-state index in [0.717, 1.165) is 479 Å². The predicted molar refractivity (Wildman–Crippen MR) is 565 cm³/mol. The predicted octanol–water partition coefficient (Wildman–Crippen LogP) is 12.5. The zero-order chi connectivity index (χ0) is 104. The number of hydrogen-bond donors (Lipinski definition) is 2. The van der Waals surface area contributed by atoms with Crippen LogP contribution in [0.2, 0.25) is 0 Å². The summed E-state index contributed by atoms with van der Waals surface area (Å²) in [5.74, 6) is -1.28. The van der Waals surface area contributed by atoms with Gasteiger partial charge in [-0.25, -0.2) is 26.4 Å². The number of ether oxygens (including phenoxy) is 22. The molecule has 2 amide bonds. The maximum atomic E-state index is 13.4. The Bertz CT molecular complexity index is 3030. The van der Waals surface area contributed by atoms with E-state index in [4.69, 9.17) is 114 Å². The molecule has 0 atom stereocenters. The molecule has 147 heavy (non-hydrogen) atoms. The fourth-order valence-corrected chi connectivity index (χ4v) is 15.3. The number of aliphatic hydroxyl groups excluding tert-OH is 2. The van der Waals surface area contributed by atoms with Crippen molar-refractivity contribution in [3.63, 3.8) is 0 Å². The summed E-state index contributed by atoms with van der Waals surface area (Å²) in [6.07, 6.45) is 40.3. The number of carbonyl (C=O) groups is 2. The van der Waals surface area contributed by atoms with E-state index in [-0.39, 0.29) is 111 Å². The number of amides is 2. The Morgan fingerprint density at radius 3 is 0.442 bits per heavy atom. The van der Waals surface area contributed by atoms with Crippen LogP contribution < -0.4 is 68.9 Å². The molecular weight excluding hydrogens is 1960 g/mol. The average Bonchev–Trinajstić information content (AvgIpc) is 0.842. The van der Waals surface area contributed by atoms with E-state index in [1.54, 1.807) is 24.3 Å². The fourth-order valence-electron chi connectivity index (χ4n) is 14.4. The third-order valence-corrected chi connectivity index (χ3v) is 24.6. The van der Waals surface area contributed by atoms with E-state index in [9.17, 15) is 35.5 Å². The zero-order valence-electron chi connectivity index (χ0n) is 91.6. The van der Waals surface area contributed by atoms with Crippen LogP contribution >= 0.6 is 0 Å².